The summed E-state index contributed by atoms with van der Waals surface area (Å²) in [7, 11) is 1.57. The van der Waals surface area contributed by atoms with E-state index in [2.05, 4.69) is 15.6 Å². The number of hydrogen-bond acceptors (Lipinski definition) is 6. The van der Waals surface area contributed by atoms with Crippen LogP contribution in [-0.4, -0.2) is 71.2 Å². The van der Waals surface area contributed by atoms with Crippen LogP contribution in [0.4, 0.5) is 13.2 Å². The SMILES string of the molecule is CO[C@@H](C)C1CC(NC2CCC(O)(c3ccccn3)CC2)CN1C(=O)CNC(=O)c1cccc(C(F)(F)F)c1. The monoisotopic (exact) mass is 548 g/mol. The maximum atomic E-state index is 13.1. The third-order valence-electron chi connectivity index (χ3n) is 7.86. The fourth-order valence-electron chi connectivity index (χ4n) is 5.56. The van der Waals surface area contributed by atoms with Gasteiger partial charge in [0.05, 0.1) is 29.9 Å². The molecule has 2 aliphatic rings. The number of ether oxygens (including phenoxy) is 1. The van der Waals surface area contributed by atoms with Crippen LogP contribution < -0.4 is 10.6 Å². The van der Waals surface area contributed by atoms with E-state index in [1.807, 2.05) is 25.1 Å². The van der Waals surface area contributed by atoms with Crippen LogP contribution in [0, 0.1) is 0 Å². The van der Waals surface area contributed by atoms with Crippen LogP contribution in [0.5, 0.6) is 0 Å². The summed E-state index contributed by atoms with van der Waals surface area (Å²) in [5.41, 5.74) is -1.35. The quantitative estimate of drug-likeness (QED) is 0.468. The highest BCUT2D eigenvalue weighted by molar-refractivity contribution is 5.96. The van der Waals surface area contributed by atoms with Crippen LogP contribution >= 0.6 is 0 Å². The number of hydrogen-bond donors (Lipinski definition) is 3. The number of alkyl halides is 3. The third-order valence-corrected chi connectivity index (χ3v) is 7.86. The van der Waals surface area contributed by atoms with Gasteiger partial charge in [0, 0.05) is 37.5 Å². The van der Waals surface area contributed by atoms with Crippen molar-refractivity contribution in [2.24, 2.45) is 0 Å². The minimum Gasteiger partial charge on any atom is -0.384 e. The number of benzene rings is 1. The number of rotatable bonds is 8. The van der Waals surface area contributed by atoms with E-state index < -0.39 is 23.2 Å². The van der Waals surface area contributed by atoms with Crippen LogP contribution in [0.1, 0.15) is 60.6 Å². The molecule has 8 nitrogen and oxygen atoms in total. The topological polar surface area (TPSA) is 104 Å². The first kappa shape index (κ1) is 29.0. The van der Waals surface area contributed by atoms with Gasteiger partial charge in [-0.15, -0.1) is 0 Å². The zero-order valence-electron chi connectivity index (χ0n) is 22.1. The van der Waals surface area contributed by atoms with Crippen molar-refractivity contribution in [1.82, 2.24) is 20.5 Å². The molecule has 2 amide bonds. The summed E-state index contributed by atoms with van der Waals surface area (Å²) in [5.74, 6) is -1.08. The summed E-state index contributed by atoms with van der Waals surface area (Å²) < 4.78 is 44.5. The summed E-state index contributed by atoms with van der Waals surface area (Å²) in [4.78, 5) is 31.6. The number of pyridine rings is 1. The molecule has 1 aromatic carbocycles. The molecule has 2 unspecified atom stereocenters. The Morgan fingerprint density at radius 2 is 1.92 bits per heavy atom. The van der Waals surface area contributed by atoms with Crippen molar-refractivity contribution in [3.63, 3.8) is 0 Å². The number of amides is 2. The largest absolute Gasteiger partial charge is 0.416 e. The Morgan fingerprint density at radius 1 is 1.18 bits per heavy atom. The van der Waals surface area contributed by atoms with Crippen molar-refractivity contribution in [3.8, 4) is 0 Å². The summed E-state index contributed by atoms with van der Waals surface area (Å²) in [6.07, 6.45) is 0.199. The highest BCUT2D eigenvalue weighted by Gasteiger charge is 2.41. The van der Waals surface area contributed by atoms with Gasteiger partial charge in [0.1, 0.15) is 5.60 Å². The number of aromatic nitrogens is 1. The van der Waals surface area contributed by atoms with Gasteiger partial charge in [-0.25, -0.2) is 0 Å². The molecule has 39 heavy (non-hydrogen) atoms. The van der Waals surface area contributed by atoms with Gasteiger partial charge in [-0.05, 0) is 69.4 Å². The van der Waals surface area contributed by atoms with E-state index in [1.165, 1.54) is 6.07 Å². The maximum Gasteiger partial charge on any atom is 0.416 e. The van der Waals surface area contributed by atoms with Gasteiger partial charge in [0.15, 0.2) is 0 Å². The molecule has 1 saturated carbocycles. The highest BCUT2D eigenvalue weighted by Crippen LogP contribution is 2.36. The first-order chi connectivity index (χ1) is 18.5. The molecule has 1 aliphatic carbocycles. The molecule has 3 N–H and O–H groups in total. The molecular weight excluding hydrogens is 513 g/mol. The summed E-state index contributed by atoms with van der Waals surface area (Å²) in [6.45, 7) is 1.95. The number of carbonyl (C=O) groups is 2. The minimum absolute atomic E-state index is 0.00163. The van der Waals surface area contributed by atoms with Gasteiger partial charge in [0.2, 0.25) is 5.91 Å². The van der Waals surface area contributed by atoms with Gasteiger partial charge >= 0.3 is 6.18 Å². The first-order valence-corrected chi connectivity index (χ1v) is 13.2. The van der Waals surface area contributed by atoms with Crippen molar-refractivity contribution in [2.45, 2.75) is 75.0 Å². The number of carbonyl (C=O) groups excluding carboxylic acids is 2. The molecule has 0 spiro atoms. The van der Waals surface area contributed by atoms with Crippen LogP contribution in [-0.2, 0) is 21.3 Å². The van der Waals surface area contributed by atoms with E-state index in [9.17, 15) is 27.9 Å². The molecule has 11 heteroatoms. The van der Waals surface area contributed by atoms with Crippen molar-refractivity contribution in [3.05, 3.63) is 65.5 Å². The van der Waals surface area contributed by atoms with Crippen LogP contribution in [0.2, 0.25) is 0 Å². The number of nitrogens with one attached hydrogen (secondary N) is 2. The average Bonchev–Trinajstić information content (AvgIpc) is 3.36. The van der Waals surface area contributed by atoms with Crippen molar-refractivity contribution in [1.29, 1.82) is 0 Å². The Morgan fingerprint density at radius 3 is 2.56 bits per heavy atom. The summed E-state index contributed by atoms with van der Waals surface area (Å²) in [5, 5.41) is 17.2. The molecule has 1 saturated heterocycles. The second-order valence-corrected chi connectivity index (χ2v) is 10.4. The first-order valence-electron chi connectivity index (χ1n) is 13.2. The molecule has 0 bridgehead atoms. The fraction of sp³-hybridized carbons (Fsp3) is 0.536. The van der Waals surface area contributed by atoms with E-state index >= 15 is 0 Å². The van der Waals surface area contributed by atoms with Crippen LogP contribution in [0.25, 0.3) is 0 Å². The van der Waals surface area contributed by atoms with Crippen molar-refractivity contribution >= 4 is 11.8 Å². The number of nitrogens with zero attached hydrogens (tertiary/aromatic N) is 2. The molecule has 1 aliphatic heterocycles. The second kappa shape index (κ2) is 12.0. The van der Waals surface area contributed by atoms with Crippen molar-refractivity contribution < 1.29 is 32.6 Å². The number of methoxy groups -OCH3 is 1. The Labute approximate surface area is 225 Å². The van der Waals surface area contributed by atoms with E-state index in [0.717, 1.165) is 31.0 Å². The van der Waals surface area contributed by atoms with E-state index in [4.69, 9.17) is 4.74 Å². The molecule has 4 rings (SSSR count). The van der Waals surface area contributed by atoms with Gasteiger partial charge in [-0.1, -0.05) is 12.1 Å². The van der Waals surface area contributed by atoms with Gasteiger partial charge in [0.25, 0.3) is 5.91 Å². The third kappa shape index (κ3) is 6.95. The lowest BCUT2D eigenvalue weighted by Gasteiger charge is -2.37. The molecule has 2 fully saturated rings. The summed E-state index contributed by atoms with van der Waals surface area (Å²) >= 11 is 0. The number of likely N-dealkylation sites (tertiary alicyclic amines) is 1. The maximum absolute atomic E-state index is 13.1. The van der Waals surface area contributed by atoms with E-state index in [-0.39, 0.29) is 42.2 Å². The van der Waals surface area contributed by atoms with Gasteiger partial charge < -0.3 is 25.4 Å². The predicted octanol–water partition coefficient (Wildman–Crippen LogP) is 3.25. The lowest BCUT2D eigenvalue weighted by atomic mass is 9.79. The zero-order valence-corrected chi connectivity index (χ0v) is 22.1. The molecular formula is C28H35F3N4O4. The molecule has 212 valence electrons. The second-order valence-electron chi connectivity index (χ2n) is 10.4. The Kier molecular flexibility index (Phi) is 8.93. The lowest BCUT2D eigenvalue weighted by molar-refractivity contribution is -0.137. The molecule has 1 aromatic heterocycles. The molecule has 2 heterocycles. The molecule has 3 atom stereocenters. The average molecular weight is 549 g/mol. The van der Waals surface area contributed by atoms with Crippen molar-refractivity contribution in [2.75, 3.05) is 20.2 Å². The van der Waals surface area contributed by atoms with Crippen LogP contribution in [0.3, 0.4) is 0 Å². The molecule has 0 radical (unpaired) electrons. The molecule has 2 aromatic rings. The lowest BCUT2D eigenvalue weighted by Crippen LogP contribution is -2.47. The highest BCUT2D eigenvalue weighted by atomic mass is 19.4. The standard InChI is InChI=1S/C28H35F3N4O4/c1-18(39-2)23-15-22(34-21-9-11-27(38,12-10-21)24-8-3-4-13-32-24)17-35(23)25(36)16-33-26(37)19-6-5-7-20(14-19)28(29,30)31/h3-8,13-14,18,21-23,34,38H,9-12,15-17H2,1-2H3,(H,33,37)/t18-,21?,22?,23?,27?/m0/s1. The minimum atomic E-state index is -4.57. The zero-order chi connectivity index (χ0) is 28.2. The normalized spacial score (nSPS) is 26.3. The van der Waals surface area contributed by atoms with Gasteiger partial charge in [-0.2, -0.15) is 13.2 Å². The number of halogens is 3. The van der Waals surface area contributed by atoms with E-state index in [1.54, 1.807) is 18.2 Å². The Hall–Kier alpha value is -3.02. The number of aliphatic hydroxyl groups is 1. The Bertz CT molecular complexity index is 1140. The smallest absolute Gasteiger partial charge is 0.384 e. The predicted molar refractivity (Wildman–Crippen MR) is 138 cm³/mol. The van der Waals surface area contributed by atoms with Gasteiger partial charge in [-0.3, -0.25) is 14.6 Å². The van der Waals surface area contributed by atoms with Crippen LogP contribution in [0.15, 0.2) is 48.7 Å². The van der Waals surface area contributed by atoms with E-state index in [0.29, 0.717) is 31.5 Å². The Balaban J connectivity index is 1.33. The fourth-order valence-corrected chi connectivity index (χ4v) is 5.56. The summed E-state index contributed by atoms with van der Waals surface area (Å²) in [6, 6.07) is 9.58.